The topological polar surface area (TPSA) is 66.5 Å². The predicted octanol–water partition coefficient (Wildman–Crippen LogP) is 3.86. The molecular formula is C23H17FN2O3. The van der Waals surface area contributed by atoms with Crippen LogP contribution in [0.2, 0.25) is 0 Å². The van der Waals surface area contributed by atoms with Crippen LogP contribution < -0.4 is 10.2 Å². The van der Waals surface area contributed by atoms with Crippen molar-refractivity contribution in [3.05, 3.63) is 100 Å². The van der Waals surface area contributed by atoms with E-state index in [9.17, 15) is 18.8 Å². The number of para-hydroxylation sites is 1. The third-order valence-corrected chi connectivity index (χ3v) is 4.90. The van der Waals surface area contributed by atoms with E-state index in [1.165, 1.54) is 24.3 Å². The van der Waals surface area contributed by atoms with E-state index in [2.05, 4.69) is 5.32 Å². The normalized spacial score (nSPS) is 12.8. The molecule has 144 valence electrons. The number of aryl methyl sites for hydroxylation is 1. The third-order valence-electron chi connectivity index (χ3n) is 4.90. The van der Waals surface area contributed by atoms with Crippen LogP contribution in [0.3, 0.4) is 0 Å². The standard InChI is InChI=1S/C23H17FN2O3/c1-14-6-2-5-9-20(14)26-22(28)17-11-10-15(12-18(17)23(26)29)21(27)25-13-16-7-3-4-8-19(16)24/h2-12H,13H2,1H3,(H,25,27). The number of nitrogens with one attached hydrogen (secondary N) is 1. The molecule has 0 bridgehead atoms. The fourth-order valence-corrected chi connectivity index (χ4v) is 3.33. The Kier molecular flexibility index (Phi) is 4.68. The first-order valence-electron chi connectivity index (χ1n) is 9.07. The second-order valence-electron chi connectivity index (χ2n) is 6.77. The average Bonchev–Trinajstić information content (AvgIpc) is 2.97. The van der Waals surface area contributed by atoms with Gasteiger partial charge >= 0.3 is 0 Å². The van der Waals surface area contributed by atoms with Crippen LogP contribution in [0.4, 0.5) is 10.1 Å². The Hall–Kier alpha value is -3.80. The summed E-state index contributed by atoms with van der Waals surface area (Å²) in [5, 5.41) is 2.64. The largest absolute Gasteiger partial charge is 0.348 e. The van der Waals surface area contributed by atoms with Crippen LogP contribution >= 0.6 is 0 Å². The maximum Gasteiger partial charge on any atom is 0.266 e. The lowest BCUT2D eigenvalue weighted by Gasteiger charge is -2.16. The van der Waals surface area contributed by atoms with Gasteiger partial charge in [-0.3, -0.25) is 14.4 Å². The highest BCUT2D eigenvalue weighted by atomic mass is 19.1. The molecule has 3 aromatic rings. The molecule has 0 aliphatic carbocycles. The van der Waals surface area contributed by atoms with E-state index >= 15 is 0 Å². The highest BCUT2D eigenvalue weighted by Crippen LogP contribution is 2.31. The number of carbonyl (C=O) groups excluding carboxylic acids is 3. The number of rotatable bonds is 4. The van der Waals surface area contributed by atoms with E-state index in [1.54, 1.807) is 30.3 Å². The lowest BCUT2D eigenvalue weighted by molar-refractivity contribution is 0.0923. The molecule has 0 radical (unpaired) electrons. The summed E-state index contributed by atoms with van der Waals surface area (Å²) < 4.78 is 13.7. The molecule has 0 aromatic heterocycles. The van der Waals surface area contributed by atoms with Gasteiger partial charge in [0.25, 0.3) is 17.7 Å². The number of nitrogens with zero attached hydrogens (tertiary/aromatic N) is 1. The lowest BCUT2D eigenvalue weighted by Crippen LogP contribution is -2.30. The third kappa shape index (κ3) is 3.29. The number of imide groups is 1. The predicted molar refractivity (Wildman–Crippen MR) is 106 cm³/mol. The van der Waals surface area contributed by atoms with Gasteiger partial charge in [0.05, 0.1) is 16.8 Å². The molecule has 3 aromatic carbocycles. The molecule has 4 rings (SSSR count). The Labute approximate surface area is 166 Å². The molecule has 1 aliphatic heterocycles. The van der Waals surface area contributed by atoms with Crippen molar-refractivity contribution in [1.29, 1.82) is 0 Å². The van der Waals surface area contributed by atoms with Crippen LogP contribution in [0.5, 0.6) is 0 Å². The Morgan fingerprint density at radius 2 is 1.62 bits per heavy atom. The van der Waals surface area contributed by atoms with Gasteiger partial charge in [0, 0.05) is 17.7 Å². The van der Waals surface area contributed by atoms with Gasteiger partial charge in [0.2, 0.25) is 0 Å². The van der Waals surface area contributed by atoms with E-state index in [4.69, 9.17) is 0 Å². The molecule has 6 heteroatoms. The van der Waals surface area contributed by atoms with Gasteiger partial charge in [-0.1, -0.05) is 36.4 Å². The van der Waals surface area contributed by atoms with Gasteiger partial charge in [-0.05, 0) is 42.8 Å². The summed E-state index contributed by atoms with van der Waals surface area (Å²) in [6.07, 6.45) is 0. The summed E-state index contributed by atoms with van der Waals surface area (Å²) in [7, 11) is 0. The number of halogens is 1. The first-order chi connectivity index (χ1) is 14.0. The second-order valence-corrected chi connectivity index (χ2v) is 6.77. The first kappa shape index (κ1) is 18.6. The minimum Gasteiger partial charge on any atom is -0.348 e. The van der Waals surface area contributed by atoms with Crippen molar-refractivity contribution in [2.45, 2.75) is 13.5 Å². The minimum atomic E-state index is -0.469. The summed E-state index contributed by atoms with van der Waals surface area (Å²) in [5.74, 6) is -1.75. The number of carbonyl (C=O) groups is 3. The van der Waals surface area contributed by atoms with E-state index in [1.807, 2.05) is 19.1 Å². The van der Waals surface area contributed by atoms with Gasteiger partial charge in [0.1, 0.15) is 5.82 Å². The van der Waals surface area contributed by atoms with Crippen LogP contribution in [0.25, 0.3) is 0 Å². The van der Waals surface area contributed by atoms with Crippen molar-refractivity contribution in [2.24, 2.45) is 0 Å². The fraction of sp³-hybridized carbons (Fsp3) is 0.0870. The number of amides is 3. The molecule has 0 saturated heterocycles. The minimum absolute atomic E-state index is 0.0187. The number of anilines is 1. The van der Waals surface area contributed by atoms with Gasteiger partial charge in [-0.25, -0.2) is 9.29 Å². The van der Waals surface area contributed by atoms with Crippen molar-refractivity contribution in [3.8, 4) is 0 Å². The smallest absolute Gasteiger partial charge is 0.266 e. The van der Waals surface area contributed by atoms with E-state index in [-0.39, 0.29) is 23.2 Å². The van der Waals surface area contributed by atoms with Crippen LogP contribution in [-0.4, -0.2) is 17.7 Å². The summed E-state index contributed by atoms with van der Waals surface area (Å²) in [6.45, 7) is 1.84. The van der Waals surface area contributed by atoms with Crippen molar-refractivity contribution in [2.75, 3.05) is 4.90 Å². The number of fused-ring (bicyclic) bond motifs is 1. The van der Waals surface area contributed by atoms with E-state index in [0.717, 1.165) is 10.5 Å². The fourth-order valence-electron chi connectivity index (χ4n) is 3.33. The summed E-state index contributed by atoms with van der Waals surface area (Å²) in [6, 6.07) is 17.6. The van der Waals surface area contributed by atoms with Gasteiger partial charge in [-0.2, -0.15) is 0 Å². The van der Waals surface area contributed by atoms with Crippen LogP contribution in [0, 0.1) is 12.7 Å². The highest BCUT2D eigenvalue weighted by molar-refractivity contribution is 6.35. The van der Waals surface area contributed by atoms with Crippen molar-refractivity contribution in [1.82, 2.24) is 5.32 Å². The quantitative estimate of drug-likeness (QED) is 0.690. The average molecular weight is 388 g/mol. The molecule has 0 atom stereocenters. The zero-order valence-electron chi connectivity index (χ0n) is 15.6. The van der Waals surface area contributed by atoms with Crippen LogP contribution in [0.1, 0.15) is 42.2 Å². The Morgan fingerprint density at radius 3 is 2.38 bits per heavy atom. The molecule has 1 N–H and O–H groups in total. The van der Waals surface area contributed by atoms with Crippen LogP contribution in [-0.2, 0) is 6.54 Å². The summed E-state index contributed by atoms with van der Waals surface area (Å²) in [5.41, 5.74) is 2.33. The SMILES string of the molecule is Cc1ccccc1N1C(=O)c2ccc(C(=O)NCc3ccccc3F)cc2C1=O. The zero-order chi connectivity index (χ0) is 20.5. The molecule has 3 amide bonds. The zero-order valence-corrected chi connectivity index (χ0v) is 15.6. The maximum atomic E-state index is 13.7. The molecule has 0 saturated carbocycles. The molecule has 5 nitrogen and oxygen atoms in total. The number of benzene rings is 3. The van der Waals surface area contributed by atoms with Crippen molar-refractivity contribution >= 4 is 23.4 Å². The van der Waals surface area contributed by atoms with Gasteiger partial charge in [0.15, 0.2) is 0 Å². The van der Waals surface area contributed by atoms with Crippen molar-refractivity contribution in [3.63, 3.8) is 0 Å². The highest BCUT2D eigenvalue weighted by Gasteiger charge is 2.37. The molecule has 29 heavy (non-hydrogen) atoms. The first-order valence-corrected chi connectivity index (χ1v) is 9.07. The summed E-state index contributed by atoms with van der Waals surface area (Å²) >= 11 is 0. The van der Waals surface area contributed by atoms with Crippen molar-refractivity contribution < 1.29 is 18.8 Å². The van der Waals surface area contributed by atoms with Crippen LogP contribution in [0.15, 0.2) is 66.7 Å². The van der Waals surface area contributed by atoms with Gasteiger partial charge < -0.3 is 5.32 Å². The van der Waals surface area contributed by atoms with Gasteiger partial charge in [-0.15, -0.1) is 0 Å². The summed E-state index contributed by atoms with van der Waals surface area (Å²) in [4.78, 5) is 39.2. The maximum absolute atomic E-state index is 13.7. The van der Waals surface area contributed by atoms with E-state index < -0.39 is 23.5 Å². The Balaban J connectivity index is 1.58. The number of hydrogen-bond acceptors (Lipinski definition) is 3. The Bertz CT molecular complexity index is 1160. The Morgan fingerprint density at radius 1 is 0.931 bits per heavy atom. The molecule has 1 aliphatic rings. The monoisotopic (exact) mass is 388 g/mol. The van der Waals surface area contributed by atoms with E-state index in [0.29, 0.717) is 11.3 Å². The molecule has 0 fully saturated rings. The number of hydrogen-bond donors (Lipinski definition) is 1. The second kappa shape index (κ2) is 7.31. The molecule has 0 unspecified atom stereocenters. The molecule has 0 spiro atoms. The molecular weight excluding hydrogens is 371 g/mol. The lowest BCUT2D eigenvalue weighted by atomic mass is 10.1. The molecule has 1 heterocycles.